The molecule has 0 spiro atoms. The molecule has 0 radical (unpaired) electrons. The fraction of sp³-hybridized carbons (Fsp3) is 0.294. The third-order valence-electron chi connectivity index (χ3n) is 3.71. The van der Waals surface area contributed by atoms with Gasteiger partial charge in [-0.25, -0.2) is 0 Å². The van der Waals surface area contributed by atoms with E-state index in [0.29, 0.717) is 12.7 Å². The van der Waals surface area contributed by atoms with E-state index in [-0.39, 0.29) is 6.10 Å². The minimum atomic E-state index is 0.0676. The number of hydrogen-bond acceptors (Lipinski definition) is 2. The Hall–Kier alpha value is -0.680. The van der Waals surface area contributed by atoms with E-state index >= 15 is 0 Å². The minimum absolute atomic E-state index is 0.0676. The first-order valence-corrected chi connectivity index (χ1v) is 8.51. The first kappa shape index (κ1) is 15.2. The Balaban J connectivity index is 1.81. The Morgan fingerprint density at radius 2 is 1.76 bits per heavy atom. The van der Waals surface area contributed by atoms with Crippen LogP contribution in [0.4, 0.5) is 0 Å². The number of hydrogen-bond donors (Lipinski definition) is 0. The Bertz CT molecular complexity index is 598. The maximum absolute atomic E-state index is 5.89. The van der Waals surface area contributed by atoms with Crippen molar-refractivity contribution in [3.05, 3.63) is 68.6 Å². The van der Waals surface area contributed by atoms with Crippen molar-refractivity contribution in [3.8, 4) is 0 Å². The summed E-state index contributed by atoms with van der Waals surface area (Å²) in [6.07, 6.45) is 1.01. The molecule has 2 atom stereocenters. The van der Waals surface area contributed by atoms with Crippen molar-refractivity contribution in [2.75, 3.05) is 13.4 Å². The van der Waals surface area contributed by atoms with Crippen molar-refractivity contribution < 1.29 is 9.47 Å². The van der Waals surface area contributed by atoms with Gasteiger partial charge in [-0.15, -0.1) is 0 Å². The van der Waals surface area contributed by atoms with Crippen LogP contribution in [-0.2, 0) is 15.9 Å². The van der Waals surface area contributed by atoms with Crippen LogP contribution < -0.4 is 0 Å². The maximum atomic E-state index is 5.89. The van der Waals surface area contributed by atoms with Crippen LogP contribution in [0.15, 0.2) is 57.5 Å². The van der Waals surface area contributed by atoms with E-state index in [4.69, 9.17) is 9.47 Å². The second-order valence-corrected chi connectivity index (χ2v) is 6.96. The summed E-state index contributed by atoms with van der Waals surface area (Å²) in [5.74, 6) is 0.318. The summed E-state index contributed by atoms with van der Waals surface area (Å²) >= 11 is 7.10. The number of halogens is 2. The smallest absolute Gasteiger partial charge is 0.147 e. The molecule has 0 saturated carbocycles. The summed E-state index contributed by atoms with van der Waals surface area (Å²) < 4.78 is 13.6. The van der Waals surface area contributed by atoms with E-state index < -0.39 is 0 Å². The molecule has 0 N–H and O–H groups in total. The average Bonchev–Trinajstić information content (AvgIpc) is 2.51. The topological polar surface area (TPSA) is 18.5 Å². The van der Waals surface area contributed by atoms with Gasteiger partial charge in [-0.1, -0.05) is 62.2 Å². The molecule has 0 unspecified atom stereocenters. The lowest BCUT2D eigenvalue weighted by molar-refractivity contribution is -0.172. The van der Waals surface area contributed by atoms with Crippen molar-refractivity contribution in [1.82, 2.24) is 0 Å². The van der Waals surface area contributed by atoms with Gasteiger partial charge in [0, 0.05) is 14.9 Å². The predicted octanol–water partition coefficient (Wildman–Crippen LogP) is 5.12. The molecule has 0 aromatic heterocycles. The molecule has 110 valence electrons. The molecule has 0 aliphatic carbocycles. The first-order valence-electron chi connectivity index (χ1n) is 6.92. The van der Waals surface area contributed by atoms with Crippen LogP contribution >= 0.6 is 31.9 Å². The third-order valence-corrected chi connectivity index (χ3v) is 4.96. The largest absolute Gasteiger partial charge is 0.355 e. The van der Waals surface area contributed by atoms with Gasteiger partial charge in [-0.2, -0.15) is 0 Å². The van der Waals surface area contributed by atoms with Crippen molar-refractivity contribution in [2.45, 2.75) is 12.5 Å². The summed E-state index contributed by atoms with van der Waals surface area (Å²) in [6.45, 7) is 1.09. The Labute approximate surface area is 141 Å². The van der Waals surface area contributed by atoms with E-state index in [1.165, 1.54) is 11.1 Å². The highest BCUT2D eigenvalue weighted by molar-refractivity contribution is 9.10. The third kappa shape index (κ3) is 3.75. The van der Waals surface area contributed by atoms with Crippen molar-refractivity contribution in [1.29, 1.82) is 0 Å². The second kappa shape index (κ2) is 7.05. The fourth-order valence-electron chi connectivity index (χ4n) is 2.68. The summed E-state index contributed by atoms with van der Waals surface area (Å²) in [6, 6.07) is 16.7. The van der Waals surface area contributed by atoms with Crippen LogP contribution in [0.25, 0.3) is 0 Å². The number of ether oxygens (including phenoxy) is 2. The molecular weight excluding hydrogens is 396 g/mol. The van der Waals surface area contributed by atoms with Crippen molar-refractivity contribution in [3.63, 3.8) is 0 Å². The van der Waals surface area contributed by atoms with E-state index in [2.05, 4.69) is 74.3 Å². The number of benzene rings is 2. The highest BCUT2D eigenvalue weighted by atomic mass is 79.9. The molecule has 0 amide bonds. The van der Waals surface area contributed by atoms with E-state index in [0.717, 1.165) is 22.0 Å². The van der Waals surface area contributed by atoms with Crippen LogP contribution in [0, 0.1) is 5.92 Å². The molecule has 1 heterocycles. The Morgan fingerprint density at radius 3 is 2.52 bits per heavy atom. The van der Waals surface area contributed by atoms with E-state index in [9.17, 15) is 0 Å². The lowest BCUT2D eigenvalue weighted by Crippen LogP contribution is -2.30. The molecular formula is C17H16Br2O2. The lowest BCUT2D eigenvalue weighted by atomic mass is 9.90. The molecule has 21 heavy (non-hydrogen) atoms. The maximum Gasteiger partial charge on any atom is 0.147 e. The van der Waals surface area contributed by atoms with Crippen LogP contribution in [0.1, 0.15) is 17.2 Å². The van der Waals surface area contributed by atoms with Gasteiger partial charge >= 0.3 is 0 Å². The average molecular weight is 412 g/mol. The van der Waals surface area contributed by atoms with Gasteiger partial charge in [0.15, 0.2) is 0 Å². The van der Waals surface area contributed by atoms with Gasteiger partial charge in [-0.05, 0) is 35.7 Å². The second-order valence-electron chi connectivity index (χ2n) is 5.19. The van der Waals surface area contributed by atoms with E-state index in [1.807, 2.05) is 6.07 Å². The first-order chi connectivity index (χ1) is 10.2. The molecule has 2 nitrogen and oxygen atoms in total. The van der Waals surface area contributed by atoms with Gasteiger partial charge in [0.05, 0.1) is 12.7 Å². The van der Waals surface area contributed by atoms with Crippen LogP contribution in [0.2, 0.25) is 0 Å². The molecule has 3 rings (SSSR count). The Kier molecular flexibility index (Phi) is 5.11. The zero-order chi connectivity index (χ0) is 14.7. The van der Waals surface area contributed by atoms with Crippen LogP contribution in [0.3, 0.4) is 0 Å². The zero-order valence-electron chi connectivity index (χ0n) is 11.5. The normalized spacial score (nSPS) is 22.2. The highest BCUT2D eigenvalue weighted by Crippen LogP contribution is 2.36. The monoisotopic (exact) mass is 410 g/mol. The Morgan fingerprint density at radius 1 is 1.00 bits per heavy atom. The predicted molar refractivity (Wildman–Crippen MR) is 90.1 cm³/mol. The van der Waals surface area contributed by atoms with E-state index in [1.54, 1.807) is 0 Å². The van der Waals surface area contributed by atoms with Crippen molar-refractivity contribution >= 4 is 31.9 Å². The quantitative estimate of drug-likeness (QED) is 0.698. The summed E-state index contributed by atoms with van der Waals surface area (Å²) in [5.41, 5.74) is 2.50. The molecule has 1 aliphatic rings. The summed E-state index contributed by atoms with van der Waals surface area (Å²) in [5, 5.41) is 0. The molecule has 4 heteroatoms. The van der Waals surface area contributed by atoms with Crippen molar-refractivity contribution in [2.24, 2.45) is 5.92 Å². The number of rotatable bonds is 3. The van der Waals surface area contributed by atoms with Gasteiger partial charge in [0.25, 0.3) is 0 Å². The van der Waals surface area contributed by atoms with Gasteiger partial charge < -0.3 is 9.47 Å². The standard InChI is InChI=1S/C17H16Br2O2/c18-14-7-5-12(6-8-14)9-13-10-20-11-21-17(13)15-3-1-2-4-16(15)19/h1-8,13,17H,9-11H2/t13-,17-/m1/s1. The fourth-order valence-corrected chi connectivity index (χ4v) is 3.46. The minimum Gasteiger partial charge on any atom is -0.355 e. The highest BCUT2D eigenvalue weighted by Gasteiger charge is 2.29. The zero-order valence-corrected chi connectivity index (χ0v) is 14.6. The molecule has 1 fully saturated rings. The lowest BCUT2D eigenvalue weighted by Gasteiger charge is -2.32. The summed E-state index contributed by atoms with van der Waals surface area (Å²) in [7, 11) is 0. The van der Waals surface area contributed by atoms with Crippen LogP contribution in [-0.4, -0.2) is 13.4 Å². The molecule has 1 saturated heterocycles. The van der Waals surface area contributed by atoms with Gasteiger partial charge in [0.2, 0.25) is 0 Å². The SMILES string of the molecule is Brc1ccc(C[C@@H]2COCO[C@H]2c2ccccc2Br)cc1. The van der Waals surface area contributed by atoms with Gasteiger partial charge in [0.1, 0.15) is 6.79 Å². The van der Waals surface area contributed by atoms with Gasteiger partial charge in [-0.3, -0.25) is 0 Å². The molecule has 1 aliphatic heterocycles. The molecule has 2 aromatic carbocycles. The summed E-state index contributed by atoms with van der Waals surface area (Å²) in [4.78, 5) is 0. The van der Waals surface area contributed by atoms with Crippen LogP contribution in [0.5, 0.6) is 0 Å². The molecule has 2 aromatic rings. The molecule has 0 bridgehead atoms.